The molecule has 1 fully saturated rings. The van der Waals surface area contributed by atoms with Gasteiger partial charge < -0.3 is 14.6 Å². The first-order valence-electron chi connectivity index (χ1n) is 7.50. The van der Waals surface area contributed by atoms with E-state index in [1.54, 1.807) is 46.4 Å². The Bertz CT molecular complexity index is 419. The number of hydrogen-bond donors (Lipinski definition) is 1. The summed E-state index contributed by atoms with van der Waals surface area (Å²) in [6.45, 7) is 10.8. The number of nitrogens with zero attached hydrogens (tertiary/aromatic N) is 1. The normalized spacial score (nSPS) is 24.4. The lowest BCUT2D eigenvalue weighted by Gasteiger charge is -2.35. The van der Waals surface area contributed by atoms with E-state index in [2.05, 4.69) is 0 Å². The van der Waals surface area contributed by atoms with Gasteiger partial charge in [-0.15, -0.1) is 0 Å². The SMILES string of the molecule is CCSCCC1C(C(=O)O)OC(C)(C)N1C(=O)OC(C)(C)C. The van der Waals surface area contributed by atoms with E-state index in [9.17, 15) is 14.7 Å². The monoisotopic (exact) mass is 333 g/mol. The first-order chi connectivity index (χ1) is 9.99. The quantitative estimate of drug-likeness (QED) is 0.780. The number of hydrogen-bond acceptors (Lipinski definition) is 5. The van der Waals surface area contributed by atoms with Crippen molar-refractivity contribution >= 4 is 23.8 Å². The molecule has 0 aromatic heterocycles. The third-order valence-electron chi connectivity index (χ3n) is 3.27. The summed E-state index contributed by atoms with van der Waals surface area (Å²) >= 11 is 1.71. The van der Waals surface area contributed by atoms with Gasteiger partial charge in [-0.05, 0) is 52.5 Å². The van der Waals surface area contributed by atoms with E-state index >= 15 is 0 Å². The Morgan fingerprint density at radius 3 is 2.41 bits per heavy atom. The van der Waals surface area contributed by atoms with Crippen molar-refractivity contribution in [3.05, 3.63) is 0 Å². The maximum absolute atomic E-state index is 12.5. The van der Waals surface area contributed by atoms with Crippen molar-refractivity contribution in [2.45, 2.75) is 71.4 Å². The lowest BCUT2D eigenvalue weighted by molar-refractivity contribution is -0.155. The fourth-order valence-electron chi connectivity index (χ4n) is 2.49. The number of carboxylic acids is 1. The molecule has 7 heteroatoms. The topological polar surface area (TPSA) is 76.1 Å². The number of amides is 1. The van der Waals surface area contributed by atoms with Gasteiger partial charge in [-0.3, -0.25) is 4.90 Å². The van der Waals surface area contributed by atoms with E-state index < -0.39 is 35.5 Å². The summed E-state index contributed by atoms with van der Waals surface area (Å²) in [5, 5.41) is 9.39. The average Bonchev–Trinajstić information content (AvgIpc) is 2.59. The summed E-state index contributed by atoms with van der Waals surface area (Å²) in [7, 11) is 0. The van der Waals surface area contributed by atoms with E-state index in [-0.39, 0.29) is 0 Å². The van der Waals surface area contributed by atoms with E-state index in [0.717, 1.165) is 11.5 Å². The van der Waals surface area contributed by atoms with Crippen molar-refractivity contribution < 1.29 is 24.2 Å². The van der Waals surface area contributed by atoms with Gasteiger partial charge >= 0.3 is 12.1 Å². The van der Waals surface area contributed by atoms with Crippen LogP contribution in [0.25, 0.3) is 0 Å². The molecule has 0 bridgehead atoms. The standard InChI is InChI=1S/C15H27NO5S/c1-7-22-9-8-10-11(12(17)18)20-15(5,6)16(10)13(19)21-14(2,3)4/h10-11H,7-9H2,1-6H3,(H,17,18). The predicted molar refractivity (Wildman–Crippen MR) is 86.1 cm³/mol. The van der Waals surface area contributed by atoms with Crippen LogP contribution in [0.15, 0.2) is 0 Å². The number of carbonyl (C=O) groups excluding carboxylic acids is 1. The number of aliphatic carboxylic acids is 1. The van der Waals surface area contributed by atoms with Gasteiger partial charge in [0.2, 0.25) is 0 Å². The van der Waals surface area contributed by atoms with Gasteiger partial charge in [0.1, 0.15) is 11.3 Å². The summed E-state index contributed by atoms with van der Waals surface area (Å²) in [4.78, 5) is 25.4. The van der Waals surface area contributed by atoms with Crippen molar-refractivity contribution in [1.82, 2.24) is 4.90 Å². The van der Waals surface area contributed by atoms with Crippen LogP contribution in [0.4, 0.5) is 4.79 Å². The lowest BCUT2D eigenvalue weighted by atomic mass is 10.1. The summed E-state index contributed by atoms with van der Waals surface area (Å²) in [6.07, 6.45) is -1.01. The van der Waals surface area contributed by atoms with E-state index in [1.807, 2.05) is 6.92 Å². The zero-order valence-electron chi connectivity index (χ0n) is 14.2. The molecule has 1 aliphatic heterocycles. The molecule has 0 spiro atoms. The van der Waals surface area contributed by atoms with Crippen LogP contribution in [-0.4, -0.2) is 57.0 Å². The maximum Gasteiger partial charge on any atom is 0.412 e. The molecular formula is C15H27NO5S. The summed E-state index contributed by atoms with van der Waals surface area (Å²) in [5.41, 5.74) is -1.65. The zero-order valence-corrected chi connectivity index (χ0v) is 15.0. The molecule has 2 unspecified atom stereocenters. The fraction of sp³-hybridized carbons (Fsp3) is 0.867. The Balaban J connectivity index is 3.00. The molecule has 0 aromatic rings. The highest BCUT2D eigenvalue weighted by Crippen LogP contribution is 2.35. The first kappa shape index (κ1) is 19.1. The van der Waals surface area contributed by atoms with E-state index in [0.29, 0.717) is 6.42 Å². The van der Waals surface area contributed by atoms with E-state index in [1.165, 1.54) is 4.90 Å². The number of carbonyl (C=O) groups is 2. The van der Waals surface area contributed by atoms with Crippen LogP contribution >= 0.6 is 11.8 Å². The molecule has 0 saturated carbocycles. The largest absolute Gasteiger partial charge is 0.479 e. The minimum atomic E-state index is -1.05. The second kappa shape index (κ2) is 7.08. The Labute approximate surface area is 136 Å². The highest BCUT2D eigenvalue weighted by Gasteiger charge is 2.53. The smallest absolute Gasteiger partial charge is 0.412 e. The third kappa shape index (κ3) is 4.78. The summed E-state index contributed by atoms with van der Waals surface area (Å²) in [5.74, 6) is 0.663. The molecule has 1 aliphatic rings. The van der Waals surface area contributed by atoms with Crippen LogP contribution in [0.3, 0.4) is 0 Å². The molecule has 1 rings (SSSR count). The molecule has 22 heavy (non-hydrogen) atoms. The average molecular weight is 333 g/mol. The molecule has 0 aromatic carbocycles. The van der Waals surface area contributed by atoms with Gasteiger partial charge in [-0.25, -0.2) is 9.59 Å². The molecule has 0 radical (unpaired) electrons. The van der Waals surface area contributed by atoms with Crippen molar-refractivity contribution in [1.29, 1.82) is 0 Å². The Morgan fingerprint density at radius 2 is 1.95 bits per heavy atom. The van der Waals surface area contributed by atoms with Gasteiger partial charge in [0.25, 0.3) is 0 Å². The predicted octanol–water partition coefficient (Wildman–Crippen LogP) is 2.95. The molecule has 2 atom stereocenters. The van der Waals surface area contributed by atoms with Crippen molar-refractivity contribution in [3.8, 4) is 0 Å². The first-order valence-corrected chi connectivity index (χ1v) is 8.65. The minimum absolute atomic E-state index is 0.526. The number of thioether (sulfide) groups is 1. The second-order valence-corrected chi connectivity index (χ2v) is 8.12. The molecule has 1 amide bonds. The Hall–Kier alpha value is -0.950. The molecule has 0 aliphatic carbocycles. The van der Waals surface area contributed by atoms with Crippen LogP contribution in [0.1, 0.15) is 48.0 Å². The van der Waals surface area contributed by atoms with Crippen LogP contribution in [0.5, 0.6) is 0 Å². The van der Waals surface area contributed by atoms with Crippen LogP contribution in [-0.2, 0) is 14.3 Å². The van der Waals surface area contributed by atoms with Crippen molar-refractivity contribution in [2.24, 2.45) is 0 Å². The van der Waals surface area contributed by atoms with Gasteiger partial charge in [0, 0.05) is 0 Å². The number of rotatable bonds is 5. The summed E-state index contributed by atoms with van der Waals surface area (Å²) < 4.78 is 11.0. The number of ether oxygens (including phenoxy) is 2. The van der Waals surface area contributed by atoms with Gasteiger partial charge in [-0.2, -0.15) is 11.8 Å². The van der Waals surface area contributed by atoms with Crippen molar-refractivity contribution in [2.75, 3.05) is 11.5 Å². The van der Waals surface area contributed by atoms with Gasteiger partial charge in [0.05, 0.1) is 6.04 Å². The molecule has 1 N–H and O–H groups in total. The van der Waals surface area contributed by atoms with Gasteiger partial charge in [-0.1, -0.05) is 6.92 Å². The minimum Gasteiger partial charge on any atom is -0.479 e. The van der Waals surface area contributed by atoms with Crippen LogP contribution in [0.2, 0.25) is 0 Å². The highest BCUT2D eigenvalue weighted by atomic mass is 32.2. The molecule has 1 heterocycles. The fourth-order valence-corrected chi connectivity index (χ4v) is 3.19. The molecule has 128 valence electrons. The Kier molecular flexibility index (Phi) is 6.15. The molecular weight excluding hydrogens is 306 g/mol. The highest BCUT2D eigenvalue weighted by molar-refractivity contribution is 7.99. The lowest BCUT2D eigenvalue weighted by Crippen LogP contribution is -2.50. The maximum atomic E-state index is 12.5. The molecule has 1 saturated heterocycles. The van der Waals surface area contributed by atoms with Crippen LogP contribution < -0.4 is 0 Å². The van der Waals surface area contributed by atoms with E-state index in [4.69, 9.17) is 9.47 Å². The Morgan fingerprint density at radius 1 is 1.36 bits per heavy atom. The molecule has 6 nitrogen and oxygen atoms in total. The van der Waals surface area contributed by atoms with Crippen molar-refractivity contribution in [3.63, 3.8) is 0 Å². The zero-order chi connectivity index (χ0) is 17.1. The summed E-state index contributed by atoms with van der Waals surface area (Å²) in [6, 6.07) is -0.526. The van der Waals surface area contributed by atoms with Crippen LogP contribution in [0, 0.1) is 0 Å². The second-order valence-electron chi connectivity index (χ2n) is 6.73. The third-order valence-corrected chi connectivity index (χ3v) is 4.20. The van der Waals surface area contributed by atoms with Gasteiger partial charge in [0.15, 0.2) is 6.10 Å². The number of carboxylic acid groups (broad SMARTS) is 1.